The van der Waals surface area contributed by atoms with Crippen molar-refractivity contribution in [1.29, 1.82) is 0 Å². The Morgan fingerprint density at radius 1 is 1.45 bits per heavy atom. The van der Waals surface area contributed by atoms with Crippen LogP contribution in [0.3, 0.4) is 0 Å². The molecule has 0 N–H and O–H groups in total. The van der Waals surface area contributed by atoms with Gasteiger partial charge in [-0.1, -0.05) is 18.2 Å². The van der Waals surface area contributed by atoms with Crippen molar-refractivity contribution >= 4 is 32.8 Å². The van der Waals surface area contributed by atoms with E-state index in [2.05, 4.69) is 47.7 Å². The fourth-order valence-corrected chi connectivity index (χ4v) is 2.64. The van der Waals surface area contributed by atoms with E-state index in [4.69, 9.17) is 0 Å². The minimum Gasteiger partial charge on any atom is -0.0618 e. The molecule has 2 heteroatoms. The molecule has 60 valence electrons. The highest BCUT2D eigenvalue weighted by atomic mass is 127. The lowest BCUT2D eigenvalue weighted by Crippen LogP contribution is -1.92. The quantitative estimate of drug-likeness (QED) is 0.572. The van der Waals surface area contributed by atoms with E-state index in [1.54, 1.807) is 5.56 Å². The van der Waals surface area contributed by atoms with Crippen molar-refractivity contribution in [1.82, 2.24) is 0 Å². The summed E-state index contributed by atoms with van der Waals surface area (Å²) >= 11 is 2.42. The largest absolute Gasteiger partial charge is 0.0618 e. The second-order valence-corrected chi connectivity index (χ2v) is 4.95. The second kappa shape index (κ2) is 4.26. The Morgan fingerprint density at radius 2 is 2.18 bits per heavy atom. The summed E-state index contributed by atoms with van der Waals surface area (Å²) < 4.78 is 1.43. The highest BCUT2D eigenvalue weighted by molar-refractivity contribution is 14.1. The molecule has 0 nitrogen and oxygen atoms in total. The highest BCUT2D eigenvalue weighted by Crippen LogP contribution is 2.17. The third kappa shape index (κ3) is 2.30. The van der Waals surface area contributed by atoms with Crippen LogP contribution in [0.4, 0.5) is 0 Å². The van der Waals surface area contributed by atoms with Crippen LogP contribution in [0.1, 0.15) is 11.1 Å². The standard InChI is InChI=1S/C9H13ISi/c1-7-3-2-4-9(10)8(7)5-6-11/h2-4H,5-6H2,1,11H3. The van der Waals surface area contributed by atoms with Gasteiger partial charge in [0.25, 0.3) is 0 Å². The Kier molecular flexibility index (Phi) is 3.58. The molecule has 0 bridgehead atoms. The van der Waals surface area contributed by atoms with E-state index >= 15 is 0 Å². The summed E-state index contributed by atoms with van der Waals surface area (Å²) in [6.07, 6.45) is 1.27. The molecule has 1 rings (SSSR count). The molecule has 0 aromatic heterocycles. The average molecular weight is 276 g/mol. The minimum absolute atomic E-state index is 1.27. The zero-order chi connectivity index (χ0) is 8.27. The van der Waals surface area contributed by atoms with Gasteiger partial charge in [-0.25, -0.2) is 0 Å². The molecule has 11 heavy (non-hydrogen) atoms. The Morgan fingerprint density at radius 3 is 2.73 bits per heavy atom. The zero-order valence-corrected chi connectivity index (χ0v) is 11.2. The number of aryl methyl sites for hydroxylation is 1. The average Bonchev–Trinajstić information content (AvgIpc) is 1.97. The molecule has 0 aliphatic carbocycles. The fourth-order valence-electron chi connectivity index (χ4n) is 1.23. The number of benzene rings is 1. The van der Waals surface area contributed by atoms with Gasteiger partial charge < -0.3 is 0 Å². The van der Waals surface area contributed by atoms with Gasteiger partial charge in [-0.3, -0.25) is 0 Å². The monoisotopic (exact) mass is 276 g/mol. The summed E-state index contributed by atoms with van der Waals surface area (Å²) in [6.45, 7) is 2.20. The molecule has 0 spiro atoms. The maximum absolute atomic E-state index is 2.42. The Hall–Kier alpha value is 0.167. The Balaban J connectivity index is 3.00. The van der Waals surface area contributed by atoms with Crippen LogP contribution >= 0.6 is 22.6 Å². The smallest absolute Gasteiger partial charge is 0.0164 e. The molecule has 0 saturated carbocycles. The van der Waals surface area contributed by atoms with Gasteiger partial charge in [0.2, 0.25) is 0 Å². The maximum atomic E-state index is 2.42. The fraction of sp³-hybridized carbons (Fsp3) is 0.333. The number of halogens is 1. The van der Waals surface area contributed by atoms with Gasteiger partial charge in [0, 0.05) is 13.8 Å². The van der Waals surface area contributed by atoms with Crippen molar-refractivity contribution < 1.29 is 0 Å². The molecule has 0 saturated heterocycles. The van der Waals surface area contributed by atoms with Crippen LogP contribution in [0.25, 0.3) is 0 Å². The zero-order valence-electron chi connectivity index (χ0n) is 7.02. The van der Waals surface area contributed by atoms with Gasteiger partial charge in [-0.2, -0.15) is 0 Å². The second-order valence-electron chi connectivity index (χ2n) is 2.79. The molecule has 0 aliphatic heterocycles. The summed E-state index contributed by atoms with van der Waals surface area (Å²) in [5.74, 6) is 0. The van der Waals surface area contributed by atoms with Crippen LogP contribution in [-0.2, 0) is 6.42 Å². The van der Waals surface area contributed by atoms with Gasteiger partial charge in [-0.15, -0.1) is 0 Å². The number of hydrogen-bond acceptors (Lipinski definition) is 0. The summed E-state index contributed by atoms with van der Waals surface area (Å²) in [4.78, 5) is 0. The van der Waals surface area contributed by atoms with Crippen LogP contribution in [-0.4, -0.2) is 10.2 Å². The highest BCUT2D eigenvalue weighted by Gasteiger charge is 2.00. The van der Waals surface area contributed by atoms with Crippen molar-refractivity contribution in [3.63, 3.8) is 0 Å². The van der Waals surface area contributed by atoms with E-state index < -0.39 is 0 Å². The van der Waals surface area contributed by atoms with Crippen molar-refractivity contribution in [2.24, 2.45) is 0 Å². The lowest BCUT2D eigenvalue weighted by atomic mass is 10.1. The molecule has 0 heterocycles. The Bertz CT molecular complexity index is 225. The predicted molar refractivity (Wildman–Crippen MR) is 62.3 cm³/mol. The first kappa shape index (κ1) is 9.26. The molecule has 1 aromatic carbocycles. The molecule has 0 radical (unpaired) electrons. The third-order valence-corrected chi connectivity index (χ3v) is 3.36. The van der Waals surface area contributed by atoms with Crippen molar-refractivity contribution in [2.75, 3.05) is 0 Å². The van der Waals surface area contributed by atoms with E-state index in [-0.39, 0.29) is 0 Å². The van der Waals surface area contributed by atoms with E-state index in [1.807, 2.05) is 0 Å². The molecule has 1 aromatic rings. The van der Waals surface area contributed by atoms with E-state index in [9.17, 15) is 0 Å². The van der Waals surface area contributed by atoms with Crippen LogP contribution in [0.2, 0.25) is 6.04 Å². The van der Waals surface area contributed by atoms with Crippen LogP contribution < -0.4 is 0 Å². The first-order valence-corrected chi connectivity index (χ1v) is 6.49. The lowest BCUT2D eigenvalue weighted by molar-refractivity contribution is 1.09. The minimum atomic E-state index is 1.27. The summed E-state index contributed by atoms with van der Waals surface area (Å²) in [6, 6.07) is 7.91. The van der Waals surface area contributed by atoms with Gasteiger partial charge in [0.1, 0.15) is 0 Å². The van der Waals surface area contributed by atoms with Crippen LogP contribution in [0.5, 0.6) is 0 Å². The normalized spacial score (nSPS) is 10.4. The number of rotatable bonds is 2. The van der Waals surface area contributed by atoms with Crippen molar-refractivity contribution in [3.05, 3.63) is 32.9 Å². The summed E-state index contributed by atoms with van der Waals surface area (Å²) in [7, 11) is 1.32. The summed E-state index contributed by atoms with van der Waals surface area (Å²) in [5, 5.41) is 0. The SMILES string of the molecule is Cc1cccc(I)c1CC[SiH3]. The van der Waals surface area contributed by atoms with Gasteiger partial charge in [0.05, 0.1) is 0 Å². The van der Waals surface area contributed by atoms with E-state index in [1.165, 1.54) is 31.8 Å². The van der Waals surface area contributed by atoms with Crippen molar-refractivity contribution in [2.45, 2.75) is 19.4 Å². The first-order valence-electron chi connectivity index (χ1n) is 3.99. The van der Waals surface area contributed by atoms with Crippen molar-refractivity contribution in [3.8, 4) is 0 Å². The molecule has 0 fully saturated rings. The van der Waals surface area contributed by atoms with Crippen LogP contribution in [0, 0.1) is 10.5 Å². The molecular formula is C9H13ISi. The van der Waals surface area contributed by atoms with Gasteiger partial charge in [0.15, 0.2) is 0 Å². The van der Waals surface area contributed by atoms with Gasteiger partial charge >= 0.3 is 0 Å². The van der Waals surface area contributed by atoms with E-state index in [0.717, 1.165) is 0 Å². The molecule has 0 amide bonds. The number of hydrogen-bond donors (Lipinski definition) is 0. The van der Waals surface area contributed by atoms with E-state index in [0.29, 0.717) is 0 Å². The third-order valence-electron chi connectivity index (χ3n) is 1.85. The molecule has 0 aliphatic rings. The molecule has 0 atom stereocenters. The maximum Gasteiger partial charge on any atom is 0.0164 e. The first-order chi connectivity index (χ1) is 5.25. The van der Waals surface area contributed by atoms with Crippen LogP contribution in [0.15, 0.2) is 18.2 Å². The van der Waals surface area contributed by atoms with Gasteiger partial charge in [-0.05, 0) is 53.1 Å². The lowest BCUT2D eigenvalue weighted by Gasteiger charge is -2.05. The topological polar surface area (TPSA) is 0 Å². The predicted octanol–water partition coefficient (Wildman–Crippen LogP) is 1.93. The molecule has 0 unspecified atom stereocenters. The molecular weight excluding hydrogens is 263 g/mol. The Labute approximate surface area is 85.0 Å². The summed E-state index contributed by atoms with van der Waals surface area (Å²) in [5.41, 5.74) is 3.01.